The van der Waals surface area contributed by atoms with Gasteiger partial charge in [-0.15, -0.1) is 0 Å². The van der Waals surface area contributed by atoms with Gasteiger partial charge in [0, 0.05) is 42.0 Å². The van der Waals surface area contributed by atoms with Crippen molar-refractivity contribution in [1.82, 2.24) is 30.3 Å². The van der Waals surface area contributed by atoms with Crippen molar-refractivity contribution in [2.24, 2.45) is 5.41 Å². The van der Waals surface area contributed by atoms with Crippen LogP contribution in [0.25, 0.3) is 33.4 Å². The van der Waals surface area contributed by atoms with E-state index < -0.39 is 28.8 Å². The molecule has 13 heteroatoms. The van der Waals surface area contributed by atoms with Gasteiger partial charge in [0.25, 0.3) is 5.65 Å². The van der Waals surface area contributed by atoms with Crippen LogP contribution in [0.1, 0.15) is 66.8 Å². The van der Waals surface area contributed by atoms with Crippen LogP contribution in [0.3, 0.4) is 0 Å². The summed E-state index contributed by atoms with van der Waals surface area (Å²) in [5.74, 6) is 0.258. The van der Waals surface area contributed by atoms with Crippen LogP contribution in [0.5, 0.6) is 0 Å². The van der Waals surface area contributed by atoms with Crippen LogP contribution in [0.15, 0.2) is 79.1 Å². The largest absolute Gasteiger partial charge is 0.444 e. The molecule has 280 valence electrons. The lowest BCUT2D eigenvalue weighted by Gasteiger charge is -2.31. The molecule has 0 bridgehead atoms. The highest BCUT2D eigenvalue weighted by Gasteiger charge is 2.28. The molecular formula is C40H50N7O6+. The van der Waals surface area contributed by atoms with Gasteiger partial charge in [-0.25, -0.2) is 9.59 Å². The van der Waals surface area contributed by atoms with Crippen LogP contribution in [-0.4, -0.2) is 73.8 Å². The molecule has 0 atom stereocenters. The van der Waals surface area contributed by atoms with Gasteiger partial charge in [0.1, 0.15) is 30.0 Å². The van der Waals surface area contributed by atoms with E-state index in [1.165, 1.54) is 0 Å². The zero-order chi connectivity index (χ0) is 38.6. The van der Waals surface area contributed by atoms with Crippen molar-refractivity contribution >= 4 is 34.6 Å². The van der Waals surface area contributed by atoms with Gasteiger partial charge in [0.05, 0.1) is 17.1 Å². The lowest BCUT2D eigenvalue weighted by Crippen LogP contribution is -2.45. The summed E-state index contributed by atoms with van der Waals surface area (Å²) in [6.45, 7) is 14.6. The molecule has 0 spiro atoms. The first kappa shape index (κ1) is 38.7. The molecule has 5 aromatic rings. The van der Waals surface area contributed by atoms with Crippen LogP contribution >= 0.6 is 0 Å². The molecule has 2 aromatic carbocycles. The lowest BCUT2D eigenvalue weighted by molar-refractivity contribution is -0.521. The molecule has 53 heavy (non-hydrogen) atoms. The molecule has 0 aliphatic carbocycles. The Morgan fingerprint density at radius 2 is 1.49 bits per heavy atom. The third kappa shape index (κ3) is 10.3. The summed E-state index contributed by atoms with van der Waals surface area (Å²) >= 11 is 0. The number of carbonyl (C=O) groups is 3. The summed E-state index contributed by atoms with van der Waals surface area (Å²) in [7, 11) is 0. The van der Waals surface area contributed by atoms with E-state index in [0.717, 1.165) is 38.9 Å². The average Bonchev–Trinajstić information content (AvgIpc) is 3.47. The van der Waals surface area contributed by atoms with Gasteiger partial charge in [0.2, 0.25) is 5.91 Å². The number of nitrogens with zero attached hydrogens (tertiary/aromatic N) is 5. The molecule has 5 rings (SSSR count). The normalized spacial score (nSPS) is 12.1. The van der Waals surface area contributed by atoms with E-state index in [4.69, 9.17) is 19.6 Å². The highest BCUT2D eigenvalue weighted by molar-refractivity contribution is 5.92. The highest BCUT2D eigenvalue weighted by Crippen LogP contribution is 2.26. The average molecular weight is 725 g/mol. The Morgan fingerprint density at radius 3 is 2.11 bits per heavy atom. The van der Waals surface area contributed by atoms with E-state index in [1.54, 1.807) is 25.7 Å². The Bertz CT molecular complexity index is 2080. The van der Waals surface area contributed by atoms with Crippen LogP contribution in [0, 0.1) is 5.41 Å². The minimum Gasteiger partial charge on any atom is -0.444 e. The fourth-order valence-corrected chi connectivity index (χ4v) is 5.66. The minimum absolute atomic E-state index is 0.105. The molecule has 13 nitrogen and oxygen atoms in total. The number of hydrogen-bond acceptors (Lipinski definition) is 8. The maximum absolute atomic E-state index is 13.4. The zero-order valence-electron chi connectivity index (χ0n) is 31.8. The van der Waals surface area contributed by atoms with Gasteiger partial charge in [-0.05, 0) is 76.9 Å². The van der Waals surface area contributed by atoms with Gasteiger partial charge < -0.3 is 30.1 Å². The Balaban J connectivity index is 1.49. The number of nitrogens with one attached hydrogen (secondary N) is 2. The number of aromatic nitrogens is 4. The molecule has 3 heterocycles. The SMILES string of the molecule is CC(C)(CO)CN(Cc1ccc(-n2nc(CNC(=O)OC(C)(C)C)[n+]3ccc4ncc(-c5ccccc5)cc4c23)cc1)C(=O)CNC(=O)OC(C)(C)C. The smallest absolute Gasteiger partial charge is 0.408 e. The van der Waals surface area contributed by atoms with Crippen molar-refractivity contribution in [1.29, 1.82) is 0 Å². The number of aliphatic hydroxyl groups is 1. The van der Waals surface area contributed by atoms with Crippen LogP contribution < -0.4 is 15.0 Å². The van der Waals surface area contributed by atoms with Gasteiger partial charge in [0.15, 0.2) is 0 Å². The van der Waals surface area contributed by atoms with Crippen LogP contribution in [0.4, 0.5) is 9.59 Å². The molecule has 0 saturated carbocycles. The molecular weight excluding hydrogens is 674 g/mol. The Labute approximate surface area is 309 Å². The number of hydrogen-bond donors (Lipinski definition) is 3. The van der Waals surface area contributed by atoms with Gasteiger partial charge >= 0.3 is 18.0 Å². The molecule has 3 amide bonds. The second-order valence-electron chi connectivity index (χ2n) is 15.8. The van der Waals surface area contributed by atoms with Crippen molar-refractivity contribution < 1.29 is 33.4 Å². The summed E-state index contributed by atoms with van der Waals surface area (Å²) in [6.07, 6.45) is 2.50. The van der Waals surface area contributed by atoms with Crippen molar-refractivity contribution in [3.05, 3.63) is 90.5 Å². The quantitative estimate of drug-likeness (QED) is 0.146. The number of pyridine rings is 2. The first-order valence-corrected chi connectivity index (χ1v) is 17.6. The summed E-state index contributed by atoms with van der Waals surface area (Å²) in [5.41, 5.74) is 3.13. The molecule has 0 aliphatic rings. The third-order valence-electron chi connectivity index (χ3n) is 8.10. The van der Waals surface area contributed by atoms with Crippen molar-refractivity contribution in [2.45, 2.75) is 79.7 Å². The van der Waals surface area contributed by atoms with E-state index >= 15 is 0 Å². The Kier molecular flexibility index (Phi) is 11.4. The van der Waals surface area contributed by atoms with E-state index in [9.17, 15) is 19.5 Å². The molecule has 0 radical (unpaired) electrons. The van der Waals surface area contributed by atoms with Gasteiger partial charge in [-0.3, -0.25) is 9.78 Å². The summed E-state index contributed by atoms with van der Waals surface area (Å²) in [5, 5.41) is 21.2. The zero-order valence-corrected chi connectivity index (χ0v) is 31.8. The second-order valence-corrected chi connectivity index (χ2v) is 15.8. The number of rotatable bonds is 11. The minimum atomic E-state index is -0.700. The summed E-state index contributed by atoms with van der Waals surface area (Å²) in [4.78, 5) is 44.7. The molecule has 3 aromatic heterocycles. The number of ether oxygens (including phenoxy) is 2. The lowest BCUT2D eigenvalue weighted by atomic mass is 9.94. The first-order chi connectivity index (χ1) is 24.9. The van der Waals surface area contributed by atoms with Crippen molar-refractivity contribution in [3.8, 4) is 16.8 Å². The molecule has 3 N–H and O–H groups in total. The predicted octanol–water partition coefficient (Wildman–Crippen LogP) is 5.72. The second kappa shape index (κ2) is 15.6. The van der Waals surface area contributed by atoms with Crippen LogP contribution in [0.2, 0.25) is 0 Å². The van der Waals surface area contributed by atoms with E-state index in [2.05, 4.69) is 16.7 Å². The number of amides is 3. The maximum Gasteiger partial charge on any atom is 0.408 e. The molecule has 0 unspecified atom stereocenters. The number of aliphatic hydroxyl groups excluding tert-OH is 1. The molecule has 0 saturated heterocycles. The van der Waals surface area contributed by atoms with E-state index in [-0.39, 0.29) is 38.7 Å². The first-order valence-electron chi connectivity index (χ1n) is 17.6. The van der Waals surface area contributed by atoms with E-state index in [1.807, 2.05) is 117 Å². The van der Waals surface area contributed by atoms with Crippen molar-refractivity contribution in [2.75, 3.05) is 19.7 Å². The fourth-order valence-electron chi connectivity index (χ4n) is 5.66. The summed E-state index contributed by atoms with van der Waals surface area (Å²) in [6, 6.07) is 21.7. The number of fused-ring (bicyclic) bond motifs is 3. The van der Waals surface area contributed by atoms with Gasteiger partial charge in [-0.2, -0.15) is 4.40 Å². The third-order valence-corrected chi connectivity index (χ3v) is 8.10. The topological polar surface area (TPSA) is 152 Å². The van der Waals surface area contributed by atoms with Gasteiger partial charge in [-0.1, -0.05) is 61.0 Å². The predicted molar refractivity (Wildman–Crippen MR) is 201 cm³/mol. The number of benzene rings is 2. The van der Waals surface area contributed by atoms with E-state index in [0.29, 0.717) is 5.82 Å². The summed E-state index contributed by atoms with van der Waals surface area (Å²) < 4.78 is 14.5. The molecule has 0 fully saturated rings. The van der Waals surface area contributed by atoms with Crippen molar-refractivity contribution in [3.63, 3.8) is 0 Å². The number of alkyl carbamates (subject to hydrolysis) is 2. The fraction of sp³-hybridized carbons (Fsp3) is 0.400. The standard InChI is InChI=1S/C40H49N7O6/c1-38(2,3)52-36(50)42-22-33-44-47(35-31-20-29(28-12-10-9-11-13-28)21-41-32(31)18-19-46(33)35)30-16-14-27(15-17-30)24-45(25-40(7,8)26-48)34(49)23-43-37(51)53-39(4,5)6/h9-21,48H,22-26H2,1-8H3,(H-,42,43,50,51)/p+1. The monoisotopic (exact) mass is 724 g/mol. The maximum atomic E-state index is 13.4. The highest BCUT2D eigenvalue weighted by atomic mass is 16.6. The van der Waals surface area contributed by atoms with Crippen LogP contribution in [-0.2, 0) is 27.4 Å². The number of carbonyl (C=O) groups excluding carboxylic acids is 3. The Hall–Kier alpha value is -5.56. The molecule has 0 aliphatic heterocycles. The Morgan fingerprint density at radius 1 is 0.849 bits per heavy atom.